The fourth-order valence-corrected chi connectivity index (χ4v) is 2.01. The Morgan fingerprint density at radius 2 is 2.10 bits per heavy atom. The molecule has 7 heteroatoms. The summed E-state index contributed by atoms with van der Waals surface area (Å²) in [7, 11) is 3.89. The number of nitrogens with zero attached hydrogens (tertiary/aromatic N) is 3. The first-order valence-corrected chi connectivity index (χ1v) is 6.27. The molecule has 0 fully saturated rings. The maximum atomic E-state index is 6.01. The Balaban J connectivity index is 1.83. The van der Waals surface area contributed by atoms with Crippen molar-refractivity contribution in [2.75, 3.05) is 27.4 Å². The van der Waals surface area contributed by atoms with E-state index in [0.717, 1.165) is 11.3 Å². The summed E-state index contributed by atoms with van der Waals surface area (Å²) >= 11 is 0. The summed E-state index contributed by atoms with van der Waals surface area (Å²) in [4.78, 5) is 6.31. The Morgan fingerprint density at radius 3 is 2.90 bits per heavy atom. The van der Waals surface area contributed by atoms with E-state index in [1.165, 1.54) is 0 Å². The summed E-state index contributed by atoms with van der Waals surface area (Å²) in [6, 6.07) is 5.21. The average molecular weight is 276 g/mol. The van der Waals surface area contributed by atoms with Crippen molar-refractivity contribution in [2.45, 2.75) is 6.04 Å². The van der Waals surface area contributed by atoms with Gasteiger partial charge in [0, 0.05) is 12.1 Å². The van der Waals surface area contributed by atoms with Crippen LogP contribution >= 0.6 is 0 Å². The molecule has 1 aromatic heterocycles. The van der Waals surface area contributed by atoms with E-state index in [1.807, 2.05) is 37.2 Å². The minimum absolute atomic E-state index is 0.238. The van der Waals surface area contributed by atoms with Gasteiger partial charge < -0.3 is 24.6 Å². The van der Waals surface area contributed by atoms with Gasteiger partial charge in [-0.2, -0.15) is 4.98 Å². The van der Waals surface area contributed by atoms with E-state index < -0.39 is 0 Å². The van der Waals surface area contributed by atoms with Crippen molar-refractivity contribution in [2.24, 2.45) is 5.73 Å². The molecular weight excluding hydrogens is 260 g/mol. The van der Waals surface area contributed by atoms with Gasteiger partial charge in [-0.3, -0.25) is 0 Å². The highest BCUT2D eigenvalue weighted by atomic mass is 16.7. The number of hydrogen-bond acceptors (Lipinski definition) is 7. The standard InChI is InChI=1S/C13H16N4O3/c1-17(2)6-9(14)12-15-13(20-16-12)8-3-4-10-11(5-8)19-7-18-10/h3-5,9H,6-7,14H2,1-2H3. The molecule has 0 radical (unpaired) electrons. The predicted molar refractivity (Wildman–Crippen MR) is 71.3 cm³/mol. The highest BCUT2D eigenvalue weighted by Gasteiger charge is 2.19. The van der Waals surface area contributed by atoms with Crippen molar-refractivity contribution < 1.29 is 14.0 Å². The van der Waals surface area contributed by atoms with Crippen LogP contribution in [0.3, 0.4) is 0 Å². The molecule has 2 N–H and O–H groups in total. The summed E-state index contributed by atoms with van der Waals surface area (Å²) in [5.74, 6) is 2.32. The lowest BCUT2D eigenvalue weighted by Crippen LogP contribution is -2.26. The average Bonchev–Trinajstić information content (AvgIpc) is 3.06. The fraction of sp³-hybridized carbons (Fsp3) is 0.385. The Labute approximate surface area is 116 Å². The number of likely N-dealkylation sites (N-methyl/N-ethyl adjacent to an activating group) is 1. The van der Waals surface area contributed by atoms with Gasteiger partial charge in [0.25, 0.3) is 5.89 Å². The Kier molecular flexibility index (Phi) is 3.29. The van der Waals surface area contributed by atoms with Gasteiger partial charge in [-0.05, 0) is 32.3 Å². The van der Waals surface area contributed by atoms with E-state index in [0.29, 0.717) is 24.0 Å². The van der Waals surface area contributed by atoms with E-state index in [9.17, 15) is 0 Å². The van der Waals surface area contributed by atoms with Gasteiger partial charge in [-0.15, -0.1) is 0 Å². The van der Waals surface area contributed by atoms with E-state index in [-0.39, 0.29) is 12.8 Å². The predicted octanol–water partition coefficient (Wildman–Crippen LogP) is 1.03. The smallest absolute Gasteiger partial charge is 0.258 e. The molecule has 1 aromatic carbocycles. The molecule has 0 saturated heterocycles. The molecule has 3 rings (SSSR count). The zero-order valence-corrected chi connectivity index (χ0v) is 11.4. The first-order chi connectivity index (χ1) is 9.63. The number of aromatic nitrogens is 2. The number of nitrogens with two attached hydrogens (primary N) is 1. The van der Waals surface area contributed by atoms with Crippen LogP contribution < -0.4 is 15.2 Å². The summed E-state index contributed by atoms with van der Waals surface area (Å²) in [6.07, 6.45) is 0. The monoisotopic (exact) mass is 276 g/mol. The lowest BCUT2D eigenvalue weighted by molar-refractivity contribution is 0.174. The topological polar surface area (TPSA) is 86.6 Å². The molecule has 0 aliphatic carbocycles. The van der Waals surface area contributed by atoms with Gasteiger partial charge in [-0.25, -0.2) is 0 Å². The lowest BCUT2D eigenvalue weighted by Gasteiger charge is -2.12. The second-order valence-electron chi connectivity index (χ2n) is 4.89. The van der Waals surface area contributed by atoms with Gasteiger partial charge in [0.1, 0.15) is 0 Å². The number of benzene rings is 1. The molecule has 7 nitrogen and oxygen atoms in total. The molecule has 1 atom stereocenters. The molecule has 1 aliphatic rings. The molecule has 0 spiro atoms. The molecule has 0 saturated carbocycles. The van der Waals surface area contributed by atoms with E-state index in [2.05, 4.69) is 10.1 Å². The lowest BCUT2D eigenvalue weighted by atomic mass is 10.2. The number of rotatable bonds is 4. The van der Waals surface area contributed by atoms with Crippen molar-refractivity contribution in [1.29, 1.82) is 0 Å². The van der Waals surface area contributed by atoms with Crippen molar-refractivity contribution >= 4 is 0 Å². The second kappa shape index (κ2) is 5.10. The minimum Gasteiger partial charge on any atom is -0.454 e. The van der Waals surface area contributed by atoms with Gasteiger partial charge in [0.2, 0.25) is 6.79 Å². The van der Waals surface area contributed by atoms with Crippen molar-refractivity contribution in [1.82, 2.24) is 15.0 Å². The van der Waals surface area contributed by atoms with Crippen LogP contribution in [0.15, 0.2) is 22.7 Å². The minimum atomic E-state index is -0.281. The van der Waals surface area contributed by atoms with Gasteiger partial charge in [-0.1, -0.05) is 5.16 Å². The second-order valence-corrected chi connectivity index (χ2v) is 4.89. The van der Waals surface area contributed by atoms with Crippen molar-refractivity contribution in [3.63, 3.8) is 0 Å². The molecule has 1 aliphatic heterocycles. The molecule has 106 valence electrons. The van der Waals surface area contributed by atoms with Crippen LogP contribution in [0, 0.1) is 0 Å². The third-order valence-electron chi connectivity index (χ3n) is 2.95. The molecule has 20 heavy (non-hydrogen) atoms. The van der Waals surface area contributed by atoms with Crippen LogP contribution in [0.5, 0.6) is 11.5 Å². The van der Waals surface area contributed by atoms with Gasteiger partial charge in [0.15, 0.2) is 17.3 Å². The summed E-state index contributed by atoms with van der Waals surface area (Å²) in [5.41, 5.74) is 6.79. The fourth-order valence-electron chi connectivity index (χ4n) is 2.01. The van der Waals surface area contributed by atoms with Crippen LogP contribution in [0.25, 0.3) is 11.5 Å². The van der Waals surface area contributed by atoms with Crippen LogP contribution in [-0.2, 0) is 0 Å². The number of hydrogen-bond donors (Lipinski definition) is 1. The Hall–Kier alpha value is -2.12. The zero-order valence-electron chi connectivity index (χ0n) is 11.4. The van der Waals surface area contributed by atoms with E-state index in [1.54, 1.807) is 0 Å². The first kappa shape index (κ1) is 12.9. The summed E-state index contributed by atoms with van der Waals surface area (Å²) in [5, 5.41) is 3.93. The van der Waals surface area contributed by atoms with Gasteiger partial charge in [0.05, 0.1) is 6.04 Å². The molecular formula is C13H16N4O3. The SMILES string of the molecule is CN(C)CC(N)c1noc(-c2ccc3c(c2)OCO3)n1. The van der Waals surface area contributed by atoms with Crippen molar-refractivity contribution in [3.05, 3.63) is 24.0 Å². The third-order valence-corrected chi connectivity index (χ3v) is 2.95. The molecule has 0 amide bonds. The zero-order chi connectivity index (χ0) is 14.1. The molecule has 2 heterocycles. The summed E-state index contributed by atoms with van der Waals surface area (Å²) < 4.78 is 15.8. The van der Waals surface area contributed by atoms with Gasteiger partial charge >= 0.3 is 0 Å². The first-order valence-electron chi connectivity index (χ1n) is 6.27. The Morgan fingerprint density at radius 1 is 1.30 bits per heavy atom. The molecule has 0 bridgehead atoms. The quantitative estimate of drug-likeness (QED) is 0.892. The van der Waals surface area contributed by atoms with Crippen LogP contribution in [-0.4, -0.2) is 42.5 Å². The number of ether oxygens (including phenoxy) is 2. The maximum absolute atomic E-state index is 6.01. The Bertz CT molecular complexity index is 611. The van der Waals surface area contributed by atoms with E-state index >= 15 is 0 Å². The third kappa shape index (κ3) is 2.45. The highest BCUT2D eigenvalue weighted by molar-refractivity contribution is 5.60. The molecule has 1 unspecified atom stereocenters. The maximum Gasteiger partial charge on any atom is 0.258 e. The van der Waals surface area contributed by atoms with Crippen molar-refractivity contribution in [3.8, 4) is 23.0 Å². The number of fused-ring (bicyclic) bond motifs is 1. The molecule has 2 aromatic rings. The van der Waals surface area contributed by atoms with Crippen LogP contribution in [0.2, 0.25) is 0 Å². The largest absolute Gasteiger partial charge is 0.454 e. The van der Waals surface area contributed by atoms with Crippen LogP contribution in [0.1, 0.15) is 11.9 Å². The summed E-state index contributed by atoms with van der Waals surface area (Å²) in [6.45, 7) is 0.891. The highest BCUT2D eigenvalue weighted by Crippen LogP contribution is 2.35. The van der Waals surface area contributed by atoms with E-state index in [4.69, 9.17) is 19.7 Å². The normalized spacial score (nSPS) is 14.8. The van der Waals surface area contributed by atoms with Crippen LogP contribution in [0.4, 0.5) is 0 Å².